The number of aromatic nitrogens is 2. The highest BCUT2D eigenvalue weighted by molar-refractivity contribution is 6.32. The molecule has 1 aromatic heterocycles. The molecule has 1 amide bonds. The lowest BCUT2D eigenvalue weighted by Crippen LogP contribution is -2.58. The zero-order valence-corrected chi connectivity index (χ0v) is 23.4. The van der Waals surface area contributed by atoms with E-state index in [-0.39, 0.29) is 35.9 Å². The van der Waals surface area contributed by atoms with E-state index in [9.17, 15) is 14.7 Å². The number of carbonyl (C=O) groups is 2. The highest BCUT2D eigenvalue weighted by Crippen LogP contribution is 2.32. The highest BCUT2D eigenvalue weighted by atomic mass is 35.5. The molecule has 2 atom stereocenters. The van der Waals surface area contributed by atoms with Gasteiger partial charge in [-0.15, -0.1) is 0 Å². The van der Waals surface area contributed by atoms with Crippen LogP contribution in [0, 0.1) is 0 Å². The molecule has 2 aliphatic rings. The lowest BCUT2D eigenvalue weighted by atomic mass is 9.95. The highest BCUT2D eigenvalue weighted by Gasteiger charge is 2.37. The molecule has 2 aliphatic heterocycles. The van der Waals surface area contributed by atoms with Gasteiger partial charge in [-0.2, -0.15) is 0 Å². The van der Waals surface area contributed by atoms with Gasteiger partial charge < -0.3 is 26.2 Å². The van der Waals surface area contributed by atoms with Crippen molar-refractivity contribution >= 4 is 46.7 Å². The summed E-state index contributed by atoms with van der Waals surface area (Å²) in [5.74, 6) is -0.953. The molecule has 0 spiro atoms. The number of amides is 1. The molecule has 0 radical (unpaired) electrons. The van der Waals surface area contributed by atoms with Crippen molar-refractivity contribution < 1.29 is 19.8 Å². The van der Waals surface area contributed by atoms with Crippen LogP contribution in [0.2, 0.25) is 10.2 Å². The van der Waals surface area contributed by atoms with Crippen LogP contribution in [0.4, 0.5) is 11.6 Å². The number of nitrogen functional groups attached to an aromatic ring is 1. The average Bonchev–Trinajstić information content (AvgIpc) is 2.93. The largest absolute Gasteiger partial charge is 0.480 e. The standard InChI is InChI=1S/C26H35Cl2N7O4/c1-2-18-15-34(24-22(28)31-20(23(29)32-24)25(37)30-9-14-36)12-13-35(18)19-7-10-33(11-8-19)21(26(38)39)16-3-5-17(27)6-4-16/h3-6,18-19,21,36H,2,7-15H2,1H3,(H2,29,32)(H,30,37)(H,38,39)/t18-,21+/m0/s1. The Morgan fingerprint density at radius 3 is 2.44 bits per heavy atom. The fourth-order valence-corrected chi connectivity index (χ4v) is 5.95. The summed E-state index contributed by atoms with van der Waals surface area (Å²) < 4.78 is 0. The molecule has 13 heteroatoms. The fraction of sp³-hybridized carbons (Fsp3) is 0.538. The summed E-state index contributed by atoms with van der Waals surface area (Å²) in [5.41, 5.74) is 6.72. The van der Waals surface area contributed by atoms with Crippen LogP contribution in [0.3, 0.4) is 0 Å². The minimum Gasteiger partial charge on any atom is -0.480 e. The summed E-state index contributed by atoms with van der Waals surface area (Å²) in [6.45, 7) is 5.55. The van der Waals surface area contributed by atoms with Crippen LogP contribution in [-0.2, 0) is 4.79 Å². The minimum atomic E-state index is -0.857. The predicted octanol–water partition coefficient (Wildman–Crippen LogP) is 2.28. The number of carbonyl (C=O) groups excluding carboxylic acids is 1. The van der Waals surface area contributed by atoms with Gasteiger partial charge in [0.2, 0.25) is 0 Å². The number of carboxylic acids is 1. The number of hydrogen-bond donors (Lipinski definition) is 4. The molecule has 5 N–H and O–H groups in total. The number of rotatable bonds is 9. The Kier molecular flexibility index (Phi) is 9.84. The van der Waals surface area contributed by atoms with E-state index < -0.39 is 17.9 Å². The molecule has 2 saturated heterocycles. The van der Waals surface area contributed by atoms with Crippen LogP contribution in [0.25, 0.3) is 0 Å². The second kappa shape index (κ2) is 13.1. The fourth-order valence-electron chi connectivity index (χ4n) is 5.58. The summed E-state index contributed by atoms with van der Waals surface area (Å²) >= 11 is 12.4. The monoisotopic (exact) mass is 579 g/mol. The summed E-state index contributed by atoms with van der Waals surface area (Å²) in [6.07, 6.45) is 2.67. The molecule has 1 aromatic carbocycles. The van der Waals surface area contributed by atoms with Crippen molar-refractivity contribution in [2.24, 2.45) is 0 Å². The Morgan fingerprint density at radius 2 is 1.82 bits per heavy atom. The summed E-state index contributed by atoms with van der Waals surface area (Å²) in [5, 5.41) is 22.1. The number of piperidine rings is 1. The van der Waals surface area contributed by atoms with Crippen molar-refractivity contribution in [3.05, 3.63) is 45.7 Å². The maximum Gasteiger partial charge on any atom is 0.325 e. The van der Waals surface area contributed by atoms with Crippen molar-refractivity contribution in [2.45, 2.75) is 44.3 Å². The molecule has 0 bridgehead atoms. The van der Waals surface area contributed by atoms with E-state index in [1.54, 1.807) is 24.3 Å². The Morgan fingerprint density at radius 1 is 1.13 bits per heavy atom. The lowest BCUT2D eigenvalue weighted by molar-refractivity contribution is -0.144. The third kappa shape index (κ3) is 6.72. The van der Waals surface area contributed by atoms with Crippen LogP contribution < -0.4 is 16.0 Å². The Balaban J connectivity index is 1.40. The van der Waals surface area contributed by atoms with Gasteiger partial charge >= 0.3 is 5.97 Å². The van der Waals surface area contributed by atoms with Gasteiger partial charge in [0.25, 0.3) is 5.91 Å². The molecule has 2 fully saturated rings. The molecule has 3 heterocycles. The lowest BCUT2D eigenvalue weighted by Gasteiger charge is -2.48. The minimum absolute atomic E-state index is 0.0126. The molecular weight excluding hydrogens is 545 g/mol. The van der Waals surface area contributed by atoms with Crippen LogP contribution in [0.1, 0.15) is 48.3 Å². The summed E-state index contributed by atoms with van der Waals surface area (Å²) in [7, 11) is 0. The summed E-state index contributed by atoms with van der Waals surface area (Å²) in [6, 6.07) is 6.93. The molecule has 0 unspecified atom stereocenters. The molecule has 0 aliphatic carbocycles. The van der Waals surface area contributed by atoms with Gasteiger partial charge in [0.1, 0.15) is 6.04 Å². The molecule has 2 aromatic rings. The van der Waals surface area contributed by atoms with Crippen molar-refractivity contribution in [1.29, 1.82) is 0 Å². The number of aliphatic hydroxyl groups is 1. The number of anilines is 2. The first-order valence-electron chi connectivity index (χ1n) is 13.2. The first-order chi connectivity index (χ1) is 18.7. The first-order valence-corrected chi connectivity index (χ1v) is 13.9. The van der Waals surface area contributed by atoms with E-state index in [0.29, 0.717) is 43.1 Å². The van der Waals surface area contributed by atoms with E-state index in [1.165, 1.54) is 0 Å². The van der Waals surface area contributed by atoms with Gasteiger partial charge in [-0.05, 0) is 37.0 Å². The molecule has 39 heavy (non-hydrogen) atoms. The molecule has 212 valence electrons. The Hall–Kier alpha value is -2.70. The van der Waals surface area contributed by atoms with Crippen LogP contribution >= 0.6 is 23.2 Å². The van der Waals surface area contributed by atoms with Gasteiger partial charge in [0, 0.05) is 56.4 Å². The number of likely N-dealkylation sites (tertiary alicyclic amines) is 1. The number of nitrogens with zero attached hydrogens (tertiary/aromatic N) is 5. The quantitative estimate of drug-likeness (QED) is 0.348. The predicted molar refractivity (Wildman–Crippen MR) is 150 cm³/mol. The Bertz CT molecular complexity index is 1160. The number of benzene rings is 1. The number of nitrogens with one attached hydrogen (secondary N) is 1. The van der Waals surface area contributed by atoms with Crippen LogP contribution in [0.15, 0.2) is 24.3 Å². The van der Waals surface area contributed by atoms with Gasteiger partial charge in [-0.25, -0.2) is 9.97 Å². The number of aliphatic carboxylic acids is 1. The second-order valence-corrected chi connectivity index (χ2v) is 10.7. The SMILES string of the molecule is CC[C@H]1CN(c2nc(N)c(C(=O)NCCO)nc2Cl)CCN1C1CCN([C@@H](C(=O)O)c2ccc(Cl)cc2)CC1. The van der Waals surface area contributed by atoms with E-state index >= 15 is 0 Å². The Labute approximate surface area is 237 Å². The average molecular weight is 581 g/mol. The maximum absolute atomic E-state index is 12.3. The number of nitrogens with two attached hydrogens (primary N) is 1. The van der Waals surface area contributed by atoms with E-state index in [0.717, 1.165) is 31.4 Å². The number of piperazine rings is 1. The van der Waals surface area contributed by atoms with Crippen molar-refractivity contribution in [2.75, 3.05) is 56.5 Å². The number of aliphatic hydroxyl groups excluding tert-OH is 1. The zero-order valence-electron chi connectivity index (χ0n) is 21.9. The third-order valence-electron chi connectivity index (χ3n) is 7.53. The van der Waals surface area contributed by atoms with Gasteiger partial charge in [-0.3, -0.25) is 19.4 Å². The first kappa shape index (κ1) is 29.3. The number of halogens is 2. The maximum atomic E-state index is 12.3. The van der Waals surface area contributed by atoms with Gasteiger partial charge in [0.15, 0.2) is 22.5 Å². The molecule has 4 rings (SSSR count). The summed E-state index contributed by atoms with van der Waals surface area (Å²) in [4.78, 5) is 39.6. The number of carboxylic acid groups (broad SMARTS) is 1. The topological polar surface area (TPSA) is 148 Å². The van der Waals surface area contributed by atoms with Crippen LogP contribution in [-0.4, -0.2) is 99.8 Å². The second-order valence-electron chi connectivity index (χ2n) is 9.86. The number of hydrogen-bond acceptors (Lipinski definition) is 9. The van der Waals surface area contributed by atoms with Gasteiger partial charge in [0.05, 0.1) is 6.61 Å². The third-order valence-corrected chi connectivity index (χ3v) is 8.03. The van der Waals surface area contributed by atoms with E-state index in [2.05, 4.69) is 32.0 Å². The van der Waals surface area contributed by atoms with Crippen molar-refractivity contribution in [3.63, 3.8) is 0 Å². The molecular formula is C26H35Cl2N7O4. The van der Waals surface area contributed by atoms with Crippen molar-refractivity contribution in [1.82, 2.24) is 25.1 Å². The van der Waals surface area contributed by atoms with Crippen LogP contribution in [0.5, 0.6) is 0 Å². The van der Waals surface area contributed by atoms with Gasteiger partial charge in [-0.1, -0.05) is 42.3 Å². The van der Waals surface area contributed by atoms with Crippen molar-refractivity contribution in [3.8, 4) is 0 Å². The van der Waals surface area contributed by atoms with E-state index in [1.807, 2.05) is 4.90 Å². The normalized spacial score (nSPS) is 20.1. The molecule has 0 saturated carbocycles. The van der Waals surface area contributed by atoms with E-state index in [4.69, 9.17) is 34.0 Å². The smallest absolute Gasteiger partial charge is 0.325 e. The zero-order chi connectivity index (χ0) is 28.1. The molecule has 11 nitrogen and oxygen atoms in total.